The molecule has 1 atom stereocenters. The summed E-state index contributed by atoms with van der Waals surface area (Å²) in [6.07, 6.45) is 1.80. The molecular formula is C21H28FIN4O3S. The summed E-state index contributed by atoms with van der Waals surface area (Å²) in [5, 5.41) is 6.32. The fraction of sp³-hybridized carbons (Fsp3) is 0.381. The Morgan fingerprint density at radius 2 is 1.65 bits per heavy atom. The Kier molecular flexibility index (Phi) is 10.1. The lowest BCUT2D eigenvalue weighted by molar-refractivity contribution is 0.114. The summed E-state index contributed by atoms with van der Waals surface area (Å²) in [6.45, 7) is 1.97. The molecule has 1 aliphatic rings. The minimum absolute atomic E-state index is 0. The van der Waals surface area contributed by atoms with E-state index in [2.05, 4.69) is 20.3 Å². The number of nitrogens with one attached hydrogen (secondary N) is 3. The number of rotatable bonds is 8. The van der Waals surface area contributed by atoms with Crippen LogP contribution in [0, 0.1) is 5.82 Å². The summed E-state index contributed by atoms with van der Waals surface area (Å²) in [5.41, 5.74) is 1.85. The van der Waals surface area contributed by atoms with Gasteiger partial charge < -0.3 is 15.4 Å². The van der Waals surface area contributed by atoms with Crippen LogP contribution < -0.4 is 15.4 Å². The molecular weight excluding hydrogens is 534 g/mol. The molecule has 1 fully saturated rings. The Morgan fingerprint density at radius 3 is 2.16 bits per heavy atom. The number of nitrogens with zero attached hydrogens (tertiary/aromatic N) is 1. The average Bonchev–Trinajstić information content (AvgIpc) is 3.28. The molecule has 1 saturated heterocycles. The fourth-order valence-electron chi connectivity index (χ4n) is 3.07. The van der Waals surface area contributed by atoms with Crippen LogP contribution in [0.15, 0.2) is 58.4 Å². The number of benzene rings is 2. The third kappa shape index (κ3) is 8.02. The zero-order valence-electron chi connectivity index (χ0n) is 17.3. The van der Waals surface area contributed by atoms with Crippen molar-refractivity contribution in [2.75, 3.05) is 20.2 Å². The molecule has 1 unspecified atom stereocenters. The summed E-state index contributed by atoms with van der Waals surface area (Å²) in [7, 11) is -1.89. The number of hydrogen-bond acceptors (Lipinski definition) is 4. The van der Waals surface area contributed by atoms with Crippen molar-refractivity contribution in [2.45, 2.75) is 36.9 Å². The lowest BCUT2D eigenvalue weighted by atomic mass is 10.2. The molecule has 31 heavy (non-hydrogen) atoms. The molecule has 0 saturated carbocycles. The second-order valence-corrected chi connectivity index (χ2v) is 8.80. The Bertz CT molecular complexity index is 948. The number of guanidine groups is 1. The molecule has 0 amide bonds. The van der Waals surface area contributed by atoms with E-state index in [4.69, 9.17) is 4.74 Å². The minimum Gasteiger partial charge on any atom is -0.377 e. The molecule has 1 aliphatic heterocycles. The van der Waals surface area contributed by atoms with E-state index in [0.29, 0.717) is 32.2 Å². The van der Waals surface area contributed by atoms with Crippen molar-refractivity contribution in [1.82, 2.24) is 15.4 Å². The summed E-state index contributed by atoms with van der Waals surface area (Å²) < 4.78 is 45.9. The minimum atomic E-state index is -3.56. The van der Waals surface area contributed by atoms with Crippen LogP contribution in [0.25, 0.3) is 0 Å². The van der Waals surface area contributed by atoms with Crippen molar-refractivity contribution in [3.63, 3.8) is 0 Å². The van der Waals surface area contributed by atoms with Crippen molar-refractivity contribution in [3.8, 4) is 0 Å². The maximum Gasteiger partial charge on any atom is 0.240 e. The zero-order chi connectivity index (χ0) is 21.4. The molecule has 0 aromatic heterocycles. The van der Waals surface area contributed by atoms with Crippen LogP contribution >= 0.6 is 24.0 Å². The largest absolute Gasteiger partial charge is 0.377 e. The Hall–Kier alpha value is -1.76. The Balaban J connectivity index is 0.00000341. The highest BCUT2D eigenvalue weighted by atomic mass is 127. The lowest BCUT2D eigenvalue weighted by Crippen LogP contribution is -2.36. The van der Waals surface area contributed by atoms with Crippen LogP contribution in [-0.2, 0) is 27.8 Å². The highest BCUT2D eigenvalue weighted by molar-refractivity contribution is 14.0. The topological polar surface area (TPSA) is 91.8 Å². The number of halogens is 2. The van der Waals surface area contributed by atoms with Gasteiger partial charge in [-0.05, 0) is 48.2 Å². The van der Waals surface area contributed by atoms with E-state index < -0.39 is 10.0 Å². The lowest BCUT2D eigenvalue weighted by Gasteiger charge is -2.13. The molecule has 2 aromatic carbocycles. The molecule has 7 nitrogen and oxygen atoms in total. The fourth-order valence-corrected chi connectivity index (χ4v) is 4.14. The van der Waals surface area contributed by atoms with Gasteiger partial charge in [-0.25, -0.2) is 17.5 Å². The molecule has 170 valence electrons. The van der Waals surface area contributed by atoms with Crippen LogP contribution in [0.4, 0.5) is 4.39 Å². The first-order valence-corrected chi connectivity index (χ1v) is 11.3. The van der Waals surface area contributed by atoms with Crippen molar-refractivity contribution in [1.29, 1.82) is 0 Å². The molecule has 2 aromatic rings. The van der Waals surface area contributed by atoms with Gasteiger partial charge in [0.05, 0.1) is 11.0 Å². The van der Waals surface area contributed by atoms with Crippen molar-refractivity contribution in [3.05, 3.63) is 65.5 Å². The third-order valence-electron chi connectivity index (χ3n) is 4.82. The van der Waals surface area contributed by atoms with Gasteiger partial charge >= 0.3 is 0 Å². The highest BCUT2D eigenvalue weighted by Gasteiger charge is 2.20. The van der Waals surface area contributed by atoms with Gasteiger partial charge in [0.2, 0.25) is 10.0 Å². The first-order valence-electron chi connectivity index (χ1n) is 9.85. The van der Waals surface area contributed by atoms with E-state index in [9.17, 15) is 12.8 Å². The molecule has 0 spiro atoms. The van der Waals surface area contributed by atoms with Gasteiger partial charge in [0.15, 0.2) is 5.96 Å². The Labute approximate surface area is 199 Å². The molecule has 3 N–H and O–H groups in total. The van der Waals surface area contributed by atoms with E-state index in [0.717, 1.165) is 24.0 Å². The molecule has 10 heteroatoms. The molecule has 0 bridgehead atoms. The normalized spacial score (nSPS) is 16.6. The number of aliphatic imine (C=N–C) groups is 1. The number of hydrogen-bond donors (Lipinski definition) is 3. The monoisotopic (exact) mass is 562 g/mol. The Morgan fingerprint density at radius 1 is 1.06 bits per heavy atom. The van der Waals surface area contributed by atoms with Gasteiger partial charge in [-0.15, -0.1) is 24.0 Å². The van der Waals surface area contributed by atoms with E-state index in [1.165, 1.54) is 12.1 Å². The smallest absolute Gasteiger partial charge is 0.240 e. The van der Waals surface area contributed by atoms with Crippen LogP contribution in [0.3, 0.4) is 0 Å². The second-order valence-electron chi connectivity index (χ2n) is 7.04. The first kappa shape index (κ1) is 25.5. The van der Waals surface area contributed by atoms with E-state index in [1.54, 1.807) is 43.4 Å². The van der Waals surface area contributed by atoms with Crippen LogP contribution in [0.5, 0.6) is 0 Å². The number of ether oxygens (including phenoxy) is 1. The predicted octanol–water partition coefficient (Wildman–Crippen LogP) is 2.77. The molecule has 0 radical (unpaired) electrons. The van der Waals surface area contributed by atoms with Gasteiger partial charge in [-0.1, -0.05) is 24.3 Å². The second kappa shape index (κ2) is 12.3. The third-order valence-corrected chi connectivity index (χ3v) is 6.25. The summed E-state index contributed by atoms with van der Waals surface area (Å²) in [5.74, 6) is 0.322. The standard InChI is InChI=1S/C21H27FN4O3S.HI/c1-23-21(24-13-16-4-8-18(22)9-5-16)25-14-17-6-10-20(11-7-17)30(27,28)26-15-19-3-2-12-29-19;/h4-11,19,26H,2-3,12-15H2,1H3,(H2,23,24,25);1H. The van der Waals surface area contributed by atoms with Gasteiger partial charge in [0.25, 0.3) is 0 Å². The van der Waals surface area contributed by atoms with Gasteiger partial charge in [-0.2, -0.15) is 0 Å². The van der Waals surface area contributed by atoms with Crippen LogP contribution in [0.2, 0.25) is 0 Å². The highest BCUT2D eigenvalue weighted by Crippen LogP contribution is 2.14. The van der Waals surface area contributed by atoms with E-state index >= 15 is 0 Å². The van der Waals surface area contributed by atoms with Crippen molar-refractivity contribution >= 4 is 40.0 Å². The van der Waals surface area contributed by atoms with Gasteiger partial charge in [-0.3, -0.25) is 4.99 Å². The maximum absolute atomic E-state index is 13.0. The quantitative estimate of drug-likeness (QED) is 0.262. The van der Waals surface area contributed by atoms with E-state index in [1.807, 2.05) is 0 Å². The summed E-state index contributed by atoms with van der Waals surface area (Å²) in [6, 6.07) is 13.0. The first-order chi connectivity index (χ1) is 14.5. The van der Waals surface area contributed by atoms with Gasteiger partial charge in [0.1, 0.15) is 5.82 Å². The zero-order valence-corrected chi connectivity index (χ0v) is 20.5. The van der Waals surface area contributed by atoms with E-state index in [-0.39, 0.29) is 40.8 Å². The molecule has 3 rings (SSSR count). The predicted molar refractivity (Wildman–Crippen MR) is 129 cm³/mol. The van der Waals surface area contributed by atoms with Crippen molar-refractivity contribution in [2.24, 2.45) is 4.99 Å². The van der Waals surface area contributed by atoms with Gasteiger partial charge in [0, 0.05) is 33.3 Å². The molecule has 1 heterocycles. The maximum atomic E-state index is 13.0. The molecule has 0 aliphatic carbocycles. The summed E-state index contributed by atoms with van der Waals surface area (Å²) in [4.78, 5) is 4.38. The SMILES string of the molecule is CN=C(NCc1ccc(F)cc1)NCc1ccc(S(=O)(=O)NCC2CCCO2)cc1.I. The van der Waals surface area contributed by atoms with Crippen LogP contribution in [0.1, 0.15) is 24.0 Å². The van der Waals surface area contributed by atoms with Crippen molar-refractivity contribution < 1.29 is 17.5 Å². The average molecular weight is 562 g/mol. The number of sulfonamides is 1. The summed E-state index contributed by atoms with van der Waals surface area (Å²) >= 11 is 0. The van der Waals surface area contributed by atoms with Crippen LogP contribution in [-0.4, -0.2) is 40.7 Å².